The van der Waals surface area contributed by atoms with Gasteiger partial charge in [-0.3, -0.25) is 0 Å². The van der Waals surface area contributed by atoms with E-state index in [2.05, 4.69) is 0 Å². The third-order valence-corrected chi connectivity index (χ3v) is 3.05. The van der Waals surface area contributed by atoms with Gasteiger partial charge in [0.2, 0.25) is 0 Å². The van der Waals surface area contributed by atoms with Crippen molar-refractivity contribution in [2.45, 2.75) is 32.8 Å². The van der Waals surface area contributed by atoms with Gasteiger partial charge >= 0.3 is 0 Å². The summed E-state index contributed by atoms with van der Waals surface area (Å²) in [6, 6.07) is 4.87. The molecule has 0 aromatic heterocycles. The highest BCUT2D eigenvalue weighted by Crippen LogP contribution is 2.21. The maximum absolute atomic E-state index is 13.5. The Morgan fingerprint density at radius 1 is 1.47 bits per heavy atom. The summed E-state index contributed by atoms with van der Waals surface area (Å²) in [4.78, 5) is 0. The van der Waals surface area contributed by atoms with Crippen LogP contribution in [0.4, 0.5) is 4.39 Å². The molecule has 0 saturated carbocycles. The molecule has 0 radical (unpaired) electrons. The summed E-state index contributed by atoms with van der Waals surface area (Å²) in [5.41, 5.74) is 0.482. The molecule has 3 heteroatoms. The van der Waals surface area contributed by atoms with Gasteiger partial charge in [-0.05, 0) is 17.5 Å². The highest BCUT2D eigenvalue weighted by atomic mass is 35.5. The molecule has 0 amide bonds. The zero-order valence-corrected chi connectivity index (χ0v) is 9.76. The van der Waals surface area contributed by atoms with E-state index in [4.69, 9.17) is 11.6 Å². The molecule has 0 spiro atoms. The predicted molar refractivity (Wildman–Crippen MR) is 60.6 cm³/mol. The molecule has 0 aliphatic rings. The van der Waals surface area contributed by atoms with Crippen molar-refractivity contribution in [2.24, 2.45) is 5.92 Å². The smallest absolute Gasteiger partial charge is 0.145 e. The van der Waals surface area contributed by atoms with Gasteiger partial charge in [0.1, 0.15) is 5.82 Å². The molecule has 1 aromatic rings. The van der Waals surface area contributed by atoms with E-state index < -0.39 is 11.9 Å². The van der Waals surface area contributed by atoms with E-state index in [1.807, 2.05) is 13.8 Å². The Hall–Kier alpha value is -0.600. The third kappa shape index (κ3) is 3.18. The molecule has 0 saturated heterocycles. The molecular weight excluding hydrogens is 215 g/mol. The molecule has 0 aliphatic carbocycles. The van der Waals surface area contributed by atoms with Gasteiger partial charge in [-0.25, -0.2) is 4.39 Å². The Morgan fingerprint density at radius 2 is 2.13 bits per heavy atom. The number of hydrogen-bond acceptors (Lipinski definition) is 1. The summed E-state index contributed by atoms with van der Waals surface area (Å²) >= 11 is 5.65. The number of halogens is 2. The molecule has 1 nitrogen and oxygen atoms in total. The van der Waals surface area contributed by atoms with Crippen LogP contribution in [0.2, 0.25) is 5.02 Å². The van der Waals surface area contributed by atoms with E-state index in [0.29, 0.717) is 12.0 Å². The zero-order valence-electron chi connectivity index (χ0n) is 9.00. The van der Waals surface area contributed by atoms with Gasteiger partial charge in [0.05, 0.1) is 11.1 Å². The van der Waals surface area contributed by atoms with Gasteiger partial charge in [-0.15, -0.1) is 0 Å². The van der Waals surface area contributed by atoms with Gasteiger partial charge < -0.3 is 5.11 Å². The van der Waals surface area contributed by atoms with Crippen LogP contribution in [0.3, 0.4) is 0 Å². The standard InChI is InChI=1S/C12H16ClFO/c1-3-8(2)11(15)7-9-5-4-6-10(13)12(9)14/h4-6,8,11,15H,3,7H2,1-2H3. The lowest BCUT2D eigenvalue weighted by Crippen LogP contribution is -2.20. The lowest BCUT2D eigenvalue weighted by atomic mass is 9.95. The maximum atomic E-state index is 13.5. The van der Waals surface area contributed by atoms with Crippen LogP contribution < -0.4 is 0 Å². The number of rotatable bonds is 4. The van der Waals surface area contributed by atoms with Crippen molar-refractivity contribution in [1.82, 2.24) is 0 Å². The van der Waals surface area contributed by atoms with Crippen molar-refractivity contribution in [1.29, 1.82) is 0 Å². The second-order valence-electron chi connectivity index (χ2n) is 3.87. The molecule has 2 unspecified atom stereocenters. The minimum atomic E-state index is -0.511. The Kier molecular flexibility index (Phi) is 4.55. The minimum Gasteiger partial charge on any atom is -0.393 e. The van der Waals surface area contributed by atoms with Crippen molar-refractivity contribution < 1.29 is 9.50 Å². The predicted octanol–water partition coefficient (Wildman–Crippen LogP) is 3.43. The van der Waals surface area contributed by atoms with Crippen LogP contribution in [0.1, 0.15) is 25.8 Å². The number of aliphatic hydroxyl groups excluding tert-OH is 1. The Balaban J connectivity index is 2.76. The van der Waals surface area contributed by atoms with Gasteiger partial charge in [-0.2, -0.15) is 0 Å². The van der Waals surface area contributed by atoms with Crippen LogP contribution in [-0.2, 0) is 6.42 Å². The first-order valence-electron chi connectivity index (χ1n) is 5.17. The van der Waals surface area contributed by atoms with E-state index in [1.54, 1.807) is 12.1 Å². The highest BCUT2D eigenvalue weighted by Gasteiger charge is 2.15. The van der Waals surface area contributed by atoms with Gasteiger partial charge in [0.25, 0.3) is 0 Å². The SMILES string of the molecule is CCC(C)C(O)Cc1cccc(Cl)c1F. The minimum absolute atomic E-state index is 0.115. The molecule has 1 N–H and O–H groups in total. The molecule has 15 heavy (non-hydrogen) atoms. The average molecular weight is 231 g/mol. The van der Waals surface area contributed by atoms with E-state index in [9.17, 15) is 9.50 Å². The van der Waals surface area contributed by atoms with Crippen LogP contribution in [0.25, 0.3) is 0 Å². The van der Waals surface area contributed by atoms with Crippen molar-refractivity contribution in [3.05, 3.63) is 34.6 Å². The fourth-order valence-corrected chi connectivity index (χ4v) is 1.60. The van der Waals surface area contributed by atoms with E-state index in [-0.39, 0.29) is 10.9 Å². The Bertz CT molecular complexity index is 327. The van der Waals surface area contributed by atoms with Crippen molar-refractivity contribution in [2.75, 3.05) is 0 Å². The third-order valence-electron chi connectivity index (χ3n) is 2.76. The molecule has 0 fully saturated rings. The number of hydrogen-bond donors (Lipinski definition) is 1. The Labute approximate surface area is 94.9 Å². The van der Waals surface area contributed by atoms with Crippen LogP contribution in [0.15, 0.2) is 18.2 Å². The molecule has 1 rings (SSSR count). The van der Waals surface area contributed by atoms with Crippen LogP contribution in [0.5, 0.6) is 0 Å². The van der Waals surface area contributed by atoms with Crippen LogP contribution >= 0.6 is 11.6 Å². The van der Waals surface area contributed by atoms with Crippen molar-refractivity contribution in [3.8, 4) is 0 Å². The van der Waals surface area contributed by atoms with Crippen molar-refractivity contribution >= 4 is 11.6 Å². The lowest BCUT2D eigenvalue weighted by Gasteiger charge is -2.17. The summed E-state index contributed by atoms with van der Waals surface area (Å²) in [6.07, 6.45) is 0.688. The summed E-state index contributed by atoms with van der Waals surface area (Å²) in [5.74, 6) is -0.245. The number of benzene rings is 1. The van der Waals surface area contributed by atoms with Gasteiger partial charge in [0.15, 0.2) is 0 Å². The molecule has 84 valence electrons. The summed E-state index contributed by atoms with van der Waals surface area (Å²) in [6.45, 7) is 3.95. The summed E-state index contributed by atoms with van der Waals surface area (Å²) in [7, 11) is 0. The molecule has 2 atom stereocenters. The second-order valence-corrected chi connectivity index (χ2v) is 4.28. The molecule has 0 bridgehead atoms. The monoisotopic (exact) mass is 230 g/mol. The van der Waals surface area contributed by atoms with Crippen LogP contribution in [0, 0.1) is 11.7 Å². The quantitative estimate of drug-likeness (QED) is 0.840. The average Bonchev–Trinajstić information content (AvgIpc) is 2.23. The molecular formula is C12H16ClFO. The first kappa shape index (κ1) is 12.5. The van der Waals surface area contributed by atoms with Gasteiger partial charge in [0, 0.05) is 6.42 Å². The van der Waals surface area contributed by atoms with Crippen molar-refractivity contribution in [3.63, 3.8) is 0 Å². The van der Waals surface area contributed by atoms with Crippen LogP contribution in [-0.4, -0.2) is 11.2 Å². The normalized spacial score (nSPS) is 15.0. The molecule has 0 aliphatic heterocycles. The highest BCUT2D eigenvalue weighted by molar-refractivity contribution is 6.30. The molecule has 0 heterocycles. The fourth-order valence-electron chi connectivity index (χ4n) is 1.40. The largest absolute Gasteiger partial charge is 0.393 e. The van der Waals surface area contributed by atoms with Gasteiger partial charge in [-0.1, -0.05) is 44.0 Å². The van der Waals surface area contributed by atoms with E-state index in [0.717, 1.165) is 6.42 Å². The second kappa shape index (κ2) is 5.47. The summed E-state index contributed by atoms with van der Waals surface area (Å²) < 4.78 is 13.5. The maximum Gasteiger partial charge on any atom is 0.145 e. The molecule has 1 aromatic carbocycles. The number of aliphatic hydroxyl groups is 1. The Morgan fingerprint density at radius 3 is 2.73 bits per heavy atom. The zero-order chi connectivity index (χ0) is 11.4. The van der Waals surface area contributed by atoms with E-state index >= 15 is 0 Å². The summed E-state index contributed by atoms with van der Waals surface area (Å²) in [5, 5.41) is 9.89. The first-order valence-corrected chi connectivity index (χ1v) is 5.55. The van der Waals surface area contributed by atoms with E-state index in [1.165, 1.54) is 6.07 Å². The first-order chi connectivity index (χ1) is 7.06. The fraction of sp³-hybridized carbons (Fsp3) is 0.500. The lowest BCUT2D eigenvalue weighted by molar-refractivity contribution is 0.114. The topological polar surface area (TPSA) is 20.2 Å².